The number of aryl methyl sites for hydroxylation is 1. The Hall–Kier alpha value is -2.64. The molecule has 8 heteroatoms. The Morgan fingerprint density at radius 2 is 1.97 bits per heavy atom. The Labute approximate surface area is 173 Å². The zero-order valence-corrected chi connectivity index (χ0v) is 17.0. The normalized spacial score (nSPS) is 18.6. The van der Waals surface area contributed by atoms with Crippen LogP contribution in [-0.2, 0) is 7.05 Å². The van der Waals surface area contributed by atoms with Gasteiger partial charge in [-0.15, -0.1) is 0 Å². The molecule has 6 rings (SSSR count). The summed E-state index contributed by atoms with van der Waals surface area (Å²) in [4.78, 5) is 15.3. The molecule has 0 unspecified atom stereocenters. The number of benzene rings is 1. The summed E-state index contributed by atoms with van der Waals surface area (Å²) in [5.41, 5.74) is 4.96. The van der Waals surface area contributed by atoms with Gasteiger partial charge in [0, 0.05) is 62.1 Å². The molecule has 0 bridgehead atoms. The second-order valence-electron chi connectivity index (χ2n) is 8.38. The smallest absolute Gasteiger partial charge is 0.159 e. The maximum atomic E-state index is 6.72. The van der Waals surface area contributed by atoms with Gasteiger partial charge < -0.3 is 15.2 Å². The highest BCUT2D eigenvalue weighted by molar-refractivity contribution is 6.38. The van der Waals surface area contributed by atoms with Crippen LogP contribution in [0.2, 0.25) is 5.02 Å². The van der Waals surface area contributed by atoms with Gasteiger partial charge in [-0.05, 0) is 24.3 Å². The van der Waals surface area contributed by atoms with Crippen LogP contribution in [0, 0.1) is 5.41 Å². The molecular formula is C21H22ClN7. The molecule has 0 atom stereocenters. The first-order valence-corrected chi connectivity index (χ1v) is 10.4. The number of hydrogen-bond acceptors (Lipinski definition) is 5. The van der Waals surface area contributed by atoms with E-state index < -0.39 is 0 Å². The monoisotopic (exact) mass is 407 g/mol. The van der Waals surface area contributed by atoms with E-state index >= 15 is 0 Å². The van der Waals surface area contributed by atoms with Gasteiger partial charge in [-0.3, -0.25) is 4.68 Å². The molecule has 2 N–H and O–H groups in total. The molecule has 3 aromatic heterocycles. The lowest BCUT2D eigenvalue weighted by atomic mass is 9.73. The Kier molecular flexibility index (Phi) is 3.67. The Balaban J connectivity index is 1.35. The topological polar surface area (TPSA) is 74.7 Å². The minimum absolute atomic E-state index is 0.523. The molecule has 0 radical (unpaired) electrons. The average molecular weight is 408 g/mol. The van der Waals surface area contributed by atoms with Crippen molar-refractivity contribution in [3.63, 3.8) is 0 Å². The molecule has 7 nitrogen and oxygen atoms in total. The molecule has 0 aliphatic carbocycles. The maximum Gasteiger partial charge on any atom is 0.159 e. The van der Waals surface area contributed by atoms with Gasteiger partial charge in [-0.25, -0.2) is 9.97 Å². The molecular weight excluding hydrogens is 386 g/mol. The fourth-order valence-electron chi connectivity index (χ4n) is 4.67. The number of aromatic amines is 1. The van der Waals surface area contributed by atoms with Crippen LogP contribution < -0.4 is 10.2 Å². The zero-order chi connectivity index (χ0) is 19.6. The predicted molar refractivity (Wildman–Crippen MR) is 115 cm³/mol. The fraction of sp³-hybridized carbons (Fsp3) is 0.381. The van der Waals surface area contributed by atoms with Gasteiger partial charge in [0.25, 0.3) is 0 Å². The van der Waals surface area contributed by atoms with E-state index in [0.717, 1.165) is 65.2 Å². The molecule has 1 aromatic carbocycles. The minimum atomic E-state index is 0.523. The first kappa shape index (κ1) is 17.2. The lowest BCUT2D eigenvalue weighted by molar-refractivity contribution is 0.126. The number of hydrogen-bond donors (Lipinski definition) is 2. The number of H-pyrrole nitrogens is 1. The Morgan fingerprint density at radius 3 is 2.72 bits per heavy atom. The summed E-state index contributed by atoms with van der Waals surface area (Å²) in [6.07, 6.45) is 8.23. The first-order valence-electron chi connectivity index (χ1n) is 10.0. The van der Waals surface area contributed by atoms with Crippen LogP contribution in [0.15, 0.2) is 30.7 Å². The number of aromatic nitrogens is 5. The number of halogens is 1. The predicted octanol–water partition coefficient (Wildman–Crippen LogP) is 3.35. The molecule has 148 valence electrons. The van der Waals surface area contributed by atoms with E-state index in [1.807, 2.05) is 37.8 Å². The third-order valence-electron chi connectivity index (χ3n) is 6.54. The van der Waals surface area contributed by atoms with Crippen LogP contribution >= 0.6 is 11.6 Å². The van der Waals surface area contributed by atoms with Crippen molar-refractivity contribution in [1.29, 1.82) is 0 Å². The molecule has 2 aliphatic rings. The largest absolute Gasteiger partial charge is 0.355 e. The van der Waals surface area contributed by atoms with Crippen molar-refractivity contribution in [2.24, 2.45) is 12.5 Å². The molecule has 29 heavy (non-hydrogen) atoms. The van der Waals surface area contributed by atoms with Crippen LogP contribution in [0.5, 0.6) is 0 Å². The van der Waals surface area contributed by atoms with Gasteiger partial charge >= 0.3 is 0 Å². The van der Waals surface area contributed by atoms with E-state index in [1.54, 1.807) is 4.68 Å². The quantitative estimate of drug-likeness (QED) is 0.533. The fourth-order valence-corrected chi connectivity index (χ4v) is 4.98. The molecule has 2 fully saturated rings. The third-order valence-corrected chi connectivity index (χ3v) is 6.95. The number of anilines is 1. The van der Waals surface area contributed by atoms with Gasteiger partial charge in [0.2, 0.25) is 0 Å². The summed E-state index contributed by atoms with van der Waals surface area (Å²) < 4.78 is 1.78. The van der Waals surface area contributed by atoms with Crippen molar-refractivity contribution in [3.05, 3.63) is 35.7 Å². The van der Waals surface area contributed by atoms with Gasteiger partial charge in [0.1, 0.15) is 11.3 Å². The summed E-state index contributed by atoms with van der Waals surface area (Å²) >= 11 is 6.72. The van der Waals surface area contributed by atoms with Crippen LogP contribution in [0.25, 0.3) is 33.2 Å². The van der Waals surface area contributed by atoms with Crippen molar-refractivity contribution >= 4 is 39.5 Å². The number of rotatable bonds is 2. The number of fused-ring (bicyclic) bond motifs is 2. The van der Waals surface area contributed by atoms with Gasteiger partial charge in [0.05, 0.1) is 16.7 Å². The van der Waals surface area contributed by atoms with Crippen LogP contribution in [0.3, 0.4) is 0 Å². The summed E-state index contributed by atoms with van der Waals surface area (Å²) in [6.45, 7) is 4.40. The molecule has 0 amide bonds. The number of nitrogens with zero attached hydrogens (tertiary/aromatic N) is 5. The van der Waals surface area contributed by atoms with Crippen molar-refractivity contribution in [2.45, 2.75) is 12.8 Å². The summed E-state index contributed by atoms with van der Waals surface area (Å²) in [7, 11) is 1.90. The number of nitrogens with one attached hydrogen (secondary N) is 2. The van der Waals surface area contributed by atoms with Crippen LogP contribution in [-0.4, -0.2) is 50.9 Å². The summed E-state index contributed by atoms with van der Waals surface area (Å²) in [6, 6.07) is 4.00. The summed E-state index contributed by atoms with van der Waals surface area (Å²) in [5.74, 6) is 0.946. The molecule has 0 saturated carbocycles. The van der Waals surface area contributed by atoms with Crippen molar-refractivity contribution in [3.8, 4) is 11.1 Å². The zero-order valence-electron chi connectivity index (χ0n) is 16.2. The highest BCUT2D eigenvalue weighted by atomic mass is 35.5. The average Bonchev–Trinajstić information content (AvgIpc) is 3.30. The van der Waals surface area contributed by atoms with E-state index in [1.165, 1.54) is 12.8 Å². The molecule has 1 spiro atoms. The first-order chi connectivity index (χ1) is 14.1. The SMILES string of the molecule is Cn1cc2c(Cl)c(-c3c[nH]c4nc(N5CCC6(CC5)CNC6)cnc34)ccc2n1. The standard InChI is InChI=1S/C21H22ClN7/c1-28-10-15-16(27-28)3-2-13(18(15)22)14-8-25-20-19(14)24-9-17(26-20)29-6-4-21(5-7-29)11-23-12-21/h2-3,8-10,23H,4-7,11-12H2,1H3,(H,25,26). The van der Waals surface area contributed by atoms with E-state index in [9.17, 15) is 0 Å². The lowest BCUT2D eigenvalue weighted by Crippen LogP contribution is -2.58. The van der Waals surface area contributed by atoms with Gasteiger partial charge in [-0.2, -0.15) is 5.10 Å². The van der Waals surface area contributed by atoms with Crippen molar-refractivity contribution < 1.29 is 0 Å². The second kappa shape index (κ2) is 6.18. The maximum absolute atomic E-state index is 6.72. The summed E-state index contributed by atoms with van der Waals surface area (Å²) in [5, 5.41) is 9.48. The Bertz CT molecular complexity index is 1230. The van der Waals surface area contributed by atoms with E-state index in [4.69, 9.17) is 21.6 Å². The molecule has 2 saturated heterocycles. The van der Waals surface area contributed by atoms with E-state index in [-0.39, 0.29) is 0 Å². The third kappa shape index (κ3) is 2.64. The highest BCUT2D eigenvalue weighted by Gasteiger charge is 2.39. The lowest BCUT2D eigenvalue weighted by Gasteiger charge is -2.48. The van der Waals surface area contributed by atoms with Crippen molar-refractivity contribution in [2.75, 3.05) is 31.1 Å². The van der Waals surface area contributed by atoms with Crippen LogP contribution in [0.4, 0.5) is 5.82 Å². The van der Waals surface area contributed by atoms with Crippen molar-refractivity contribution in [1.82, 2.24) is 30.0 Å². The molecule has 5 heterocycles. The minimum Gasteiger partial charge on any atom is -0.355 e. The van der Waals surface area contributed by atoms with E-state index in [0.29, 0.717) is 10.4 Å². The number of piperidine rings is 1. The van der Waals surface area contributed by atoms with Gasteiger partial charge in [-0.1, -0.05) is 17.7 Å². The molecule has 2 aliphatic heterocycles. The van der Waals surface area contributed by atoms with E-state index in [2.05, 4.69) is 20.3 Å². The van der Waals surface area contributed by atoms with Gasteiger partial charge in [0.15, 0.2) is 5.65 Å². The molecule has 4 aromatic rings. The second-order valence-corrected chi connectivity index (χ2v) is 8.76. The highest BCUT2D eigenvalue weighted by Crippen LogP contribution is 2.38. The Morgan fingerprint density at radius 1 is 1.14 bits per heavy atom. The van der Waals surface area contributed by atoms with Crippen LogP contribution in [0.1, 0.15) is 12.8 Å².